The van der Waals surface area contributed by atoms with Gasteiger partial charge in [0.25, 0.3) is 0 Å². The number of carbonyl (C=O) groups excluding carboxylic acids is 2. The first-order valence-electron chi connectivity index (χ1n) is 10.3. The van der Waals surface area contributed by atoms with Gasteiger partial charge < -0.3 is 9.47 Å². The van der Waals surface area contributed by atoms with Crippen LogP contribution >= 0.6 is 0 Å². The molecule has 29 heavy (non-hydrogen) atoms. The Labute approximate surface area is 173 Å². The summed E-state index contributed by atoms with van der Waals surface area (Å²) < 4.78 is 11.2. The minimum atomic E-state index is -0.418. The number of ether oxygens (including phenoxy) is 2. The number of hydrogen-bond donors (Lipinski definition) is 0. The van der Waals surface area contributed by atoms with Crippen LogP contribution in [0.15, 0.2) is 67.3 Å². The monoisotopic (exact) mass is 394 g/mol. The molecule has 2 aromatic carbocycles. The van der Waals surface area contributed by atoms with Gasteiger partial charge in [0.05, 0.1) is 6.61 Å². The molecule has 2 aromatic rings. The van der Waals surface area contributed by atoms with Crippen molar-refractivity contribution in [3.63, 3.8) is 0 Å². The fourth-order valence-electron chi connectivity index (χ4n) is 3.04. The van der Waals surface area contributed by atoms with Crippen LogP contribution in [0.25, 0.3) is 0 Å². The van der Waals surface area contributed by atoms with E-state index in [1.165, 1.54) is 18.9 Å². The highest BCUT2D eigenvalue weighted by Gasteiger charge is 2.13. The van der Waals surface area contributed by atoms with Crippen molar-refractivity contribution < 1.29 is 19.1 Å². The summed E-state index contributed by atoms with van der Waals surface area (Å²) in [7, 11) is 0. The van der Waals surface area contributed by atoms with Gasteiger partial charge in [-0.25, -0.2) is 4.79 Å². The van der Waals surface area contributed by atoms with Crippen molar-refractivity contribution >= 4 is 11.8 Å². The van der Waals surface area contributed by atoms with E-state index in [0.717, 1.165) is 19.3 Å². The molecule has 0 aliphatic rings. The van der Waals surface area contributed by atoms with Crippen molar-refractivity contribution in [3.8, 4) is 5.75 Å². The van der Waals surface area contributed by atoms with Gasteiger partial charge in [0.1, 0.15) is 11.9 Å². The molecule has 0 aliphatic heterocycles. The second kappa shape index (κ2) is 12.6. The van der Waals surface area contributed by atoms with Crippen molar-refractivity contribution in [2.75, 3.05) is 6.61 Å². The van der Waals surface area contributed by atoms with Crippen LogP contribution in [0.2, 0.25) is 0 Å². The van der Waals surface area contributed by atoms with Gasteiger partial charge in [-0.15, -0.1) is 0 Å². The predicted octanol–water partition coefficient (Wildman–Crippen LogP) is 5.75. The summed E-state index contributed by atoms with van der Waals surface area (Å²) in [4.78, 5) is 23.8. The number of esters is 1. The third kappa shape index (κ3) is 7.94. The standard InChI is InChI=1S/C25H30O4/c1-3-5-6-10-13-22(18-19-28-24(26)4-2)29-23-16-14-21(15-17-23)25(27)20-11-8-7-9-12-20/h4,7-9,11-12,14-17,22H,2-3,5-6,10,13,18-19H2,1H3. The lowest BCUT2D eigenvalue weighted by Crippen LogP contribution is -2.20. The Hall–Kier alpha value is -2.88. The Morgan fingerprint density at radius 2 is 1.62 bits per heavy atom. The van der Waals surface area contributed by atoms with Crippen molar-refractivity contribution in [2.45, 2.75) is 51.6 Å². The zero-order valence-electron chi connectivity index (χ0n) is 17.1. The van der Waals surface area contributed by atoms with Crippen LogP contribution < -0.4 is 4.74 Å². The zero-order valence-corrected chi connectivity index (χ0v) is 17.1. The molecule has 0 aromatic heterocycles. The molecule has 0 spiro atoms. The minimum absolute atomic E-state index is 0.00963. The van der Waals surface area contributed by atoms with Crippen molar-refractivity contribution in [2.24, 2.45) is 0 Å². The largest absolute Gasteiger partial charge is 0.490 e. The molecule has 0 aliphatic carbocycles. The molecule has 2 rings (SSSR count). The second-order valence-corrected chi connectivity index (χ2v) is 6.97. The molecular formula is C25H30O4. The molecule has 1 unspecified atom stereocenters. The number of unbranched alkanes of at least 4 members (excludes halogenated alkanes) is 3. The molecule has 4 nitrogen and oxygen atoms in total. The quantitative estimate of drug-likeness (QED) is 0.188. The summed E-state index contributed by atoms with van der Waals surface area (Å²) in [5.41, 5.74) is 1.29. The number of ketones is 1. The lowest BCUT2D eigenvalue weighted by atomic mass is 10.0. The van der Waals surface area contributed by atoms with Gasteiger partial charge in [0.2, 0.25) is 0 Å². The Morgan fingerprint density at radius 3 is 2.28 bits per heavy atom. The molecular weight excluding hydrogens is 364 g/mol. The van der Waals surface area contributed by atoms with Crippen molar-refractivity contribution in [1.29, 1.82) is 0 Å². The van der Waals surface area contributed by atoms with Gasteiger partial charge in [-0.1, -0.05) is 63.1 Å². The van der Waals surface area contributed by atoms with Crippen LogP contribution in [0.5, 0.6) is 5.75 Å². The summed E-state index contributed by atoms with van der Waals surface area (Å²) in [6.07, 6.45) is 7.26. The first-order chi connectivity index (χ1) is 14.1. The summed E-state index contributed by atoms with van der Waals surface area (Å²) >= 11 is 0. The average molecular weight is 395 g/mol. The first kappa shape index (κ1) is 22.4. The zero-order chi connectivity index (χ0) is 20.9. The van der Waals surface area contributed by atoms with E-state index in [1.54, 1.807) is 12.1 Å². The van der Waals surface area contributed by atoms with Crippen LogP contribution in [0, 0.1) is 0 Å². The highest BCUT2D eigenvalue weighted by molar-refractivity contribution is 6.08. The summed E-state index contributed by atoms with van der Waals surface area (Å²) in [5.74, 6) is 0.285. The van der Waals surface area contributed by atoms with Crippen molar-refractivity contribution in [3.05, 3.63) is 78.4 Å². The molecule has 0 fully saturated rings. The molecule has 154 valence electrons. The topological polar surface area (TPSA) is 52.6 Å². The fraction of sp³-hybridized carbons (Fsp3) is 0.360. The van der Waals surface area contributed by atoms with Gasteiger partial charge in [0.15, 0.2) is 5.78 Å². The van der Waals surface area contributed by atoms with E-state index in [9.17, 15) is 9.59 Å². The number of carbonyl (C=O) groups is 2. The molecule has 0 N–H and O–H groups in total. The maximum atomic E-state index is 12.5. The van der Waals surface area contributed by atoms with E-state index in [-0.39, 0.29) is 11.9 Å². The molecule has 4 heteroatoms. The van der Waals surface area contributed by atoms with Gasteiger partial charge in [-0.3, -0.25) is 4.79 Å². The Morgan fingerprint density at radius 1 is 0.931 bits per heavy atom. The summed E-state index contributed by atoms with van der Waals surface area (Å²) in [6, 6.07) is 16.4. The summed E-state index contributed by atoms with van der Waals surface area (Å²) in [6.45, 7) is 5.89. The lowest BCUT2D eigenvalue weighted by Gasteiger charge is -2.19. The maximum Gasteiger partial charge on any atom is 0.330 e. The van der Waals surface area contributed by atoms with Gasteiger partial charge >= 0.3 is 5.97 Å². The highest BCUT2D eigenvalue weighted by Crippen LogP contribution is 2.20. The summed E-state index contributed by atoms with van der Waals surface area (Å²) in [5, 5.41) is 0. The predicted molar refractivity (Wildman–Crippen MR) is 115 cm³/mol. The SMILES string of the molecule is C=CC(=O)OCCC(CCCCCC)Oc1ccc(C(=O)c2ccccc2)cc1. The molecule has 0 amide bonds. The van der Waals surface area contributed by atoms with E-state index < -0.39 is 5.97 Å². The van der Waals surface area contributed by atoms with Crippen LogP contribution in [0.3, 0.4) is 0 Å². The second-order valence-electron chi connectivity index (χ2n) is 6.97. The number of benzene rings is 2. The van der Waals surface area contributed by atoms with E-state index in [1.807, 2.05) is 42.5 Å². The number of hydrogen-bond acceptors (Lipinski definition) is 4. The van der Waals surface area contributed by atoms with E-state index >= 15 is 0 Å². The Kier molecular flexibility index (Phi) is 9.70. The van der Waals surface area contributed by atoms with E-state index in [2.05, 4.69) is 13.5 Å². The van der Waals surface area contributed by atoms with Crippen LogP contribution in [-0.2, 0) is 9.53 Å². The maximum absolute atomic E-state index is 12.5. The molecule has 0 bridgehead atoms. The fourth-order valence-corrected chi connectivity index (χ4v) is 3.04. The van der Waals surface area contributed by atoms with Crippen molar-refractivity contribution in [1.82, 2.24) is 0 Å². The third-order valence-corrected chi connectivity index (χ3v) is 4.69. The normalized spacial score (nSPS) is 11.5. The van der Waals surface area contributed by atoms with E-state index in [4.69, 9.17) is 9.47 Å². The highest BCUT2D eigenvalue weighted by atomic mass is 16.5. The minimum Gasteiger partial charge on any atom is -0.490 e. The van der Waals surface area contributed by atoms with Crippen LogP contribution in [0.4, 0.5) is 0 Å². The lowest BCUT2D eigenvalue weighted by molar-refractivity contribution is -0.138. The van der Waals surface area contributed by atoms with Gasteiger partial charge in [-0.05, 0) is 37.1 Å². The molecule has 0 saturated heterocycles. The molecule has 0 heterocycles. The van der Waals surface area contributed by atoms with Gasteiger partial charge in [0, 0.05) is 23.6 Å². The van der Waals surface area contributed by atoms with Crippen LogP contribution in [-0.4, -0.2) is 24.5 Å². The number of rotatable bonds is 13. The average Bonchev–Trinajstić information content (AvgIpc) is 2.77. The molecule has 0 saturated carbocycles. The smallest absolute Gasteiger partial charge is 0.330 e. The third-order valence-electron chi connectivity index (χ3n) is 4.69. The molecule has 1 atom stereocenters. The Balaban J connectivity index is 1.95. The van der Waals surface area contributed by atoms with Gasteiger partial charge in [-0.2, -0.15) is 0 Å². The van der Waals surface area contributed by atoms with Crippen LogP contribution in [0.1, 0.15) is 61.4 Å². The Bertz CT molecular complexity index is 765. The molecule has 0 radical (unpaired) electrons. The van der Waals surface area contributed by atoms with E-state index in [0.29, 0.717) is 29.9 Å². The first-order valence-corrected chi connectivity index (χ1v) is 10.3.